The van der Waals surface area contributed by atoms with Gasteiger partial charge in [0.15, 0.2) is 0 Å². The van der Waals surface area contributed by atoms with E-state index in [2.05, 4.69) is 10.6 Å². The maximum Gasteiger partial charge on any atom is 0.303 e. The molecule has 0 aliphatic rings. The van der Waals surface area contributed by atoms with Crippen LogP contribution < -0.4 is 10.6 Å². The molecule has 0 aromatic heterocycles. The monoisotopic (exact) mass is 244 g/mol. The minimum atomic E-state index is -0.929. The molecule has 0 rings (SSSR count). The predicted octanol–water partition coefficient (Wildman–Crippen LogP) is 0.128. The number of likely N-dealkylation sites (N-methyl/N-ethyl adjacent to an activating group) is 1. The van der Waals surface area contributed by atoms with Crippen molar-refractivity contribution in [2.75, 3.05) is 6.54 Å². The molecule has 0 aromatic carbocycles. The normalized spacial score (nSPS) is 13.6. The standard InChI is InChI=1S/C11H20N2O4/c1-4-12-11(17)8(3)13-9(14)5-7(2)6-10(15)16/h7-8H,4-6H2,1-3H3,(H,12,17)(H,13,14)(H,15,16). The van der Waals surface area contributed by atoms with E-state index < -0.39 is 12.0 Å². The third-order valence-electron chi connectivity index (χ3n) is 2.18. The molecule has 2 unspecified atom stereocenters. The average Bonchev–Trinajstić information content (AvgIpc) is 2.15. The van der Waals surface area contributed by atoms with Crippen molar-refractivity contribution in [1.29, 1.82) is 0 Å². The van der Waals surface area contributed by atoms with Crippen molar-refractivity contribution < 1.29 is 19.5 Å². The van der Waals surface area contributed by atoms with Crippen molar-refractivity contribution in [3.05, 3.63) is 0 Å². The van der Waals surface area contributed by atoms with Crippen molar-refractivity contribution in [3.63, 3.8) is 0 Å². The first-order chi connectivity index (χ1) is 7.86. The summed E-state index contributed by atoms with van der Waals surface area (Å²) < 4.78 is 0. The summed E-state index contributed by atoms with van der Waals surface area (Å²) in [7, 11) is 0. The molecule has 6 heteroatoms. The van der Waals surface area contributed by atoms with Gasteiger partial charge < -0.3 is 15.7 Å². The van der Waals surface area contributed by atoms with Crippen molar-refractivity contribution in [2.45, 2.75) is 39.7 Å². The molecule has 0 saturated carbocycles. The van der Waals surface area contributed by atoms with Gasteiger partial charge in [0, 0.05) is 19.4 Å². The van der Waals surface area contributed by atoms with Gasteiger partial charge in [-0.3, -0.25) is 14.4 Å². The minimum Gasteiger partial charge on any atom is -0.481 e. The summed E-state index contributed by atoms with van der Waals surface area (Å²) in [5, 5.41) is 13.7. The molecule has 2 amide bonds. The zero-order valence-corrected chi connectivity index (χ0v) is 10.4. The summed E-state index contributed by atoms with van der Waals surface area (Å²) in [5.74, 6) is -1.72. The Hall–Kier alpha value is -1.59. The van der Waals surface area contributed by atoms with Crippen molar-refractivity contribution >= 4 is 17.8 Å². The molecule has 0 fully saturated rings. The van der Waals surface area contributed by atoms with Crippen LogP contribution in [0.1, 0.15) is 33.6 Å². The molecule has 0 bridgehead atoms. The van der Waals surface area contributed by atoms with Crippen LogP contribution in [0, 0.1) is 5.92 Å². The average molecular weight is 244 g/mol. The first-order valence-electron chi connectivity index (χ1n) is 5.65. The smallest absolute Gasteiger partial charge is 0.303 e. The molecule has 17 heavy (non-hydrogen) atoms. The van der Waals surface area contributed by atoms with Crippen LogP contribution >= 0.6 is 0 Å². The molecule has 0 radical (unpaired) electrons. The number of hydrogen-bond acceptors (Lipinski definition) is 3. The fraction of sp³-hybridized carbons (Fsp3) is 0.727. The van der Waals surface area contributed by atoms with Gasteiger partial charge in [0.05, 0.1) is 0 Å². The summed E-state index contributed by atoms with van der Waals surface area (Å²) >= 11 is 0. The number of amides is 2. The van der Waals surface area contributed by atoms with E-state index in [1.54, 1.807) is 20.8 Å². The molecule has 0 spiro atoms. The number of rotatable bonds is 7. The van der Waals surface area contributed by atoms with Gasteiger partial charge in [-0.15, -0.1) is 0 Å². The lowest BCUT2D eigenvalue weighted by molar-refractivity contribution is -0.138. The first kappa shape index (κ1) is 15.4. The Kier molecular flexibility index (Phi) is 6.93. The molecule has 6 nitrogen and oxygen atoms in total. The number of aliphatic carboxylic acids is 1. The van der Waals surface area contributed by atoms with Crippen LogP contribution in [0.15, 0.2) is 0 Å². The quantitative estimate of drug-likeness (QED) is 0.593. The van der Waals surface area contributed by atoms with Crippen LogP contribution in [-0.2, 0) is 14.4 Å². The van der Waals surface area contributed by atoms with Gasteiger partial charge in [-0.25, -0.2) is 0 Å². The van der Waals surface area contributed by atoms with Crippen molar-refractivity contribution in [3.8, 4) is 0 Å². The van der Waals surface area contributed by atoms with Gasteiger partial charge >= 0.3 is 5.97 Å². The Morgan fingerprint density at radius 1 is 1.18 bits per heavy atom. The number of nitrogens with one attached hydrogen (secondary N) is 2. The summed E-state index contributed by atoms with van der Waals surface area (Å²) in [4.78, 5) is 33.2. The number of hydrogen-bond donors (Lipinski definition) is 3. The zero-order valence-electron chi connectivity index (χ0n) is 10.4. The molecule has 3 N–H and O–H groups in total. The second-order valence-corrected chi connectivity index (χ2v) is 4.09. The molecule has 0 aromatic rings. The van der Waals surface area contributed by atoms with Gasteiger partial charge in [-0.1, -0.05) is 6.92 Å². The van der Waals surface area contributed by atoms with E-state index in [1.165, 1.54) is 0 Å². The van der Waals surface area contributed by atoms with Gasteiger partial charge in [0.2, 0.25) is 11.8 Å². The van der Waals surface area contributed by atoms with Gasteiger partial charge in [0.1, 0.15) is 6.04 Å². The molecule has 0 heterocycles. The predicted molar refractivity (Wildman–Crippen MR) is 62.3 cm³/mol. The van der Waals surface area contributed by atoms with Crippen molar-refractivity contribution in [2.24, 2.45) is 5.92 Å². The topological polar surface area (TPSA) is 95.5 Å². The van der Waals surface area contributed by atoms with E-state index in [1.807, 2.05) is 0 Å². The highest BCUT2D eigenvalue weighted by molar-refractivity contribution is 5.87. The van der Waals surface area contributed by atoms with E-state index in [0.29, 0.717) is 6.54 Å². The summed E-state index contributed by atoms with van der Waals surface area (Å²) in [6.07, 6.45) is 0.0546. The van der Waals surface area contributed by atoms with Gasteiger partial charge in [0.25, 0.3) is 0 Å². The van der Waals surface area contributed by atoms with E-state index in [9.17, 15) is 14.4 Å². The Morgan fingerprint density at radius 3 is 2.24 bits per heavy atom. The maximum atomic E-state index is 11.5. The lowest BCUT2D eigenvalue weighted by Gasteiger charge is -2.14. The fourth-order valence-corrected chi connectivity index (χ4v) is 1.38. The number of carboxylic acids is 1. The van der Waals surface area contributed by atoms with Crippen LogP contribution in [0.4, 0.5) is 0 Å². The van der Waals surface area contributed by atoms with Crippen LogP contribution in [0.2, 0.25) is 0 Å². The van der Waals surface area contributed by atoms with E-state index in [0.717, 1.165) is 0 Å². The van der Waals surface area contributed by atoms with Gasteiger partial charge in [-0.2, -0.15) is 0 Å². The molecular formula is C11H20N2O4. The molecule has 98 valence electrons. The molecular weight excluding hydrogens is 224 g/mol. The molecule has 0 aliphatic heterocycles. The molecule has 2 atom stereocenters. The van der Waals surface area contributed by atoms with Crippen LogP contribution in [0.3, 0.4) is 0 Å². The van der Waals surface area contributed by atoms with Crippen LogP contribution in [0.25, 0.3) is 0 Å². The highest BCUT2D eigenvalue weighted by Crippen LogP contribution is 2.07. The maximum absolute atomic E-state index is 11.5. The second kappa shape index (κ2) is 7.65. The van der Waals surface area contributed by atoms with E-state index in [-0.39, 0.29) is 30.6 Å². The first-order valence-corrected chi connectivity index (χ1v) is 5.65. The van der Waals surface area contributed by atoms with E-state index in [4.69, 9.17) is 5.11 Å². The fourth-order valence-electron chi connectivity index (χ4n) is 1.38. The summed E-state index contributed by atoms with van der Waals surface area (Å²) in [6, 6.07) is -0.598. The van der Waals surface area contributed by atoms with Crippen LogP contribution in [0.5, 0.6) is 0 Å². The van der Waals surface area contributed by atoms with Crippen LogP contribution in [-0.4, -0.2) is 35.5 Å². The molecule has 0 aliphatic carbocycles. The highest BCUT2D eigenvalue weighted by Gasteiger charge is 2.17. The second-order valence-electron chi connectivity index (χ2n) is 4.09. The largest absolute Gasteiger partial charge is 0.481 e. The lowest BCUT2D eigenvalue weighted by atomic mass is 10.0. The Balaban J connectivity index is 4.00. The highest BCUT2D eigenvalue weighted by atomic mass is 16.4. The number of carboxylic acid groups (broad SMARTS) is 1. The van der Waals surface area contributed by atoms with E-state index >= 15 is 0 Å². The number of carbonyl (C=O) groups excluding carboxylic acids is 2. The Bertz CT molecular complexity index is 291. The zero-order chi connectivity index (χ0) is 13.4. The Morgan fingerprint density at radius 2 is 1.76 bits per heavy atom. The van der Waals surface area contributed by atoms with Crippen molar-refractivity contribution in [1.82, 2.24) is 10.6 Å². The third-order valence-corrected chi connectivity index (χ3v) is 2.18. The third kappa shape index (κ3) is 7.32. The SMILES string of the molecule is CCNC(=O)C(C)NC(=O)CC(C)CC(=O)O. The van der Waals surface area contributed by atoms with Gasteiger partial charge in [-0.05, 0) is 19.8 Å². The molecule has 0 saturated heterocycles. The minimum absolute atomic E-state index is 0.0526. The summed E-state index contributed by atoms with van der Waals surface area (Å²) in [5.41, 5.74) is 0. The summed E-state index contributed by atoms with van der Waals surface area (Å²) in [6.45, 7) is 5.57. The number of carbonyl (C=O) groups is 3. The Labute approximate surface area is 101 Å². The lowest BCUT2D eigenvalue weighted by Crippen LogP contribution is -2.45.